The molecule has 0 saturated carbocycles. The van der Waals surface area contributed by atoms with E-state index in [-0.39, 0.29) is 18.0 Å². The van der Waals surface area contributed by atoms with Crippen LogP contribution in [0.15, 0.2) is 0 Å². The Kier molecular flexibility index (Phi) is 6.80. The van der Waals surface area contributed by atoms with Crippen LogP contribution in [0.4, 0.5) is 0 Å². The summed E-state index contributed by atoms with van der Waals surface area (Å²) in [5.41, 5.74) is 0. The molecule has 1 saturated heterocycles. The van der Waals surface area contributed by atoms with Crippen molar-refractivity contribution < 1.29 is 4.79 Å². The van der Waals surface area contributed by atoms with Gasteiger partial charge in [0.25, 0.3) is 0 Å². The number of likely N-dealkylation sites (N-methyl/N-ethyl adjacent to an activating group) is 1. The first kappa shape index (κ1) is 16.4. The number of hydrogen-bond donors (Lipinski definition) is 2. The van der Waals surface area contributed by atoms with Crippen LogP contribution in [-0.4, -0.2) is 48.1 Å². The molecule has 0 spiro atoms. The summed E-state index contributed by atoms with van der Waals surface area (Å²) in [5.74, 6) is 0.158. The Bertz CT molecular complexity index is 281. The van der Waals surface area contributed by atoms with Gasteiger partial charge in [0.05, 0.1) is 6.04 Å². The van der Waals surface area contributed by atoms with E-state index in [9.17, 15) is 4.79 Å². The Hall–Kier alpha value is -0.610. The number of rotatable bonds is 6. The summed E-state index contributed by atoms with van der Waals surface area (Å²) in [4.78, 5) is 14.6. The maximum Gasteiger partial charge on any atom is 0.237 e. The summed E-state index contributed by atoms with van der Waals surface area (Å²) in [6.07, 6.45) is 3.66. The number of nitrogens with zero attached hydrogens (tertiary/aromatic N) is 1. The molecule has 0 bridgehead atoms. The fourth-order valence-corrected chi connectivity index (χ4v) is 3.01. The van der Waals surface area contributed by atoms with Crippen LogP contribution in [0, 0.1) is 0 Å². The third kappa shape index (κ3) is 4.77. The second-order valence-corrected chi connectivity index (χ2v) is 5.99. The van der Waals surface area contributed by atoms with Crippen LogP contribution in [-0.2, 0) is 4.79 Å². The third-order valence-electron chi connectivity index (χ3n) is 4.00. The maximum atomic E-state index is 12.2. The standard InChI is InChI=1S/C15H31N3O/c1-6-16-12(4)14-9-7-8-10-18(14)13(5)15(19)17-11(2)3/h11-14,16H,6-10H2,1-5H3,(H,17,19). The van der Waals surface area contributed by atoms with Crippen LogP contribution in [0.25, 0.3) is 0 Å². The lowest BCUT2D eigenvalue weighted by Gasteiger charge is -2.42. The van der Waals surface area contributed by atoms with Crippen LogP contribution in [0.3, 0.4) is 0 Å². The second-order valence-electron chi connectivity index (χ2n) is 5.99. The van der Waals surface area contributed by atoms with Gasteiger partial charge in [-0.05, 0) is 53.6 Å². The van der Waals surface area contributed by atoms with Crippen LogP contribution in [0.1, 0.15) is 53.9 Å². The molecule has 3 atom stereocenters. The fraction of sp³-hybridized carbons (Fsp3) is 0.933. The van der Waals surface area contributed by atoms with E-state index in [2.05, 4.69) is 29.4 Å². The topological polar surface area (TPSA) is 44.4 Å². The highest BCUT2D eigenvalue weighted by atomic mass is 16.2. The summed E-state index contributed by atoms with van der Waals surface area (Å²) >= 11 is 0. The quantitative estimate of drug-likeness (QED) is 0.772. The number of amides is 1. The molecule has 1 amide bonds. The molecule has 1 aliphatic heterocycles. The van der Waals surface area contributed by atoms with E-state index in [1.165, 1.54) is 19.3 Å². The molecule has 1 rings (SSSR count). The predicted octanol–water partition coefficient (Wildman–Crippen LogP) is 1.75. The molecule has 1 fully saturated rings. The average molecular weight is 269 g/mol. The van der Waals surface area contributed by atoms with E-state index in [1.54, 1.807) is 0 Å². The van der Waals surface area contributed by atoms with E-state index >= 15 is 0 Å². The average Bonchev–Trinajstić information content (AvgIpc) is 2.37. The van der Waals surface area contributed by atoms with Gasteiger partial charge in [-0.25, -0.2) is 0 Å². The minimum atomic E-state index is -0.0335. The van der Waals surface area contributed by atoms with Gasteiger partial charge in [-0.15, -0.1) is 0 Å². The van der Waals surface area contributed by atoms with Crippen molar-refractivity contribution in [3.05, 3.63) is 0 Å². The molecule has 112 valence electrons. The first-order chi connectivity index (χ1) is 8.97. The normalized spacial score (nSPS) is 24.2. The number of piperidine rings is 1. The zero-order valence-corrected chi connectivity index (χ0v) is 13.2. The summed E-state index contributed by atoms with van der Waals surface area (Å²) in [5, 5.41) is 6.54. The highest BCUT2D eigenvalue weighted by molar-refractivity contribution is 5.81. The van der Waals surface area contributed by atoms with E-state index in [0.29, 0.717) is 12.1 Å². The molecule has 1 aliphatic rings. The number of hydrogen-bond acceptors (Lipinski definition) is 3. The summed E-state index contributed by atoms with van der Waals surface area (Å²) in [6.45, 7) is 12.5. The van der Waals surface area contributed by atoms with Gasteiger partial charge in [-0.3, -0.25) is 9.69 Å². The van der Waals surface area contributed by atoms with Crippen LogP contribution >= 0.6 is 0 Å². The zero-order chi connectivity index (χ0) is 14.4. The van der Waals surface area contributed by atoms with Gasteiger partial charge in [0, 0.05) is 18.1 Å². The minimum Gasteiger partial charge on any atom is -0.353 e. The van der Waals surface area contributed by atoms with Crippen molar-refractivity contribution in [1.29, 1.82) is 0 Å². The van der Waals surface area contributed by atoms with E-state index in [4.69, 9.17) is 0 Å². The molecule has 3 unspecified atom stereocenters. The van der Waals surface area contributed by atoms with Gasteiger partial charge in [-0.1, -0.05) is 13.3 Å². The Balaban J connectivity index is 2.67. The number of nitrogens with one attached hydrogen (secondary N) is 2. The summed E-state index contributed by atoms with van der Waals surface area (Å²) < 4.78 is 0. The first-order valence-electron chi connectivity index (χ1n) is 7.76. The molecule has 1 heterocycles. The van der Waals surface area contributed by atoms with E-state index in [1.807, 2.05) is 20.8 Å². The van der Waals surface area contributed by atoms with Crippen LogP contribution in [0.5, 0.6) is 0 Å². The van der Waals surface area contributed by atoms with E-state index in [0.717, 1.165) is 13.1 Å². The smallest absolute Gasteiger partial charge is 0.237 e. The Morgan fingerprint density at radius 2 is 1.95 bits per heavy atom. The Morgan fingerprint density at radius 3 is 2.53 bits per heavy atom. The lowest BCUT2D eigenvalue weighted by atomic mass is 9.94. The lowest BCUT2D eigenvalue weighted by Crippen LogP contribution is -2.58. The highest BCUT2D eigenvalue weighted by Gasteiger charge is 2.33. The molecule has 0 aromatic carbocycles. The lowest BCUT2D eigenvalue weighted by molar-refractivity contribution is -0.128. The summed E-state index contributed by atoms with van der Waals surface area (Å²) in [7, 11) is 0. The van der Waals surface area contributed by atoms with Gasteiger partial charge in [0.15, 0.2) is 0 Å². The Morgan fingerprint density at radius 1 is 1.26 bits per heavy atom. The van der Waals surface area contributed by atoms with Gasteiger partial charge in [-0.2, -0.15) is 0 Å². The number of carbonyl (C=O) groups is 1. The molecular formula is C15H31N3O. The SMILES string of the molecule is CCNC(C)C1CCCCN1C(C)C(=O)NC(C)C. The molecular weight excluding hydrogens is 238 g/mol. The first-order valence-corrected chi connectivity index (χ1v) is 7.76. The van der Waals surface area contributed by atoms with Crippen molar-refractivity contribution in [3.63, 3.8) is 0 Å². The number of likely N-dealkylation sites (tertiary alicyclic amines) is 1. The largest absolute Gasteiger partial charge is 0.353 e. The molecule has 4 heteroatoms. The van der Waals surface area contributed by atoms with Crippen LogP contribution in [0.2, 0.25) is 0 Å². The van der Waals surface area contributed by atoms with Crippen molar-refractivity contribution in [2.45, 2.75) is 78.0 Å². The zero-order valence-electron chi connectivity index (χ0n) is 13.2. The molecule has 4 nitrogen and oxygen atoms in total. The fourth-order valence-electron chi connectivity index (χ4n) is 3.01. The van der Waals surface area contributed by atoms with Gasteiger partial charge in [0.2, 0.25) is 5.91 Å². The highest BCUT2D eigenvalue weighted by Crippen LogP contribution is 2.22. The number of carbonyl (C=O) groups excluding carboxylic acids is 1. The van der Waals surface area contributed by atoms with Gasteiger partial charge >= 0.3 is 0 Å². The van der Waals surface area contributed by atoms with Gasteiger partial charge < -0.3 is 10.6 Å². The van der Waals surface area contributed by atoms with Crippen molar-refractivity contribution in [2.24, 2.45) is 0 Å². The molecule has 0 aliphatic carbocycles. The van der Waals surface area contributed by atoms with Crippen molar-refractivity contribution in [3.8, 4) is 0 Å². The molecule has 2 N–H and O–H groups in total. The molecule has 19 heavy (non-hydrogen) atoms. The molecule has 0 radical (unpaired) electrons. The van der Waals surface area contributed by atoms with Crippen molar-refractivity contribution in [2.75, 3.05) is 13.1 Å². The monoisotopic (exact) mass is 269 g/mol. The van der Waals surface area contributed by atoms with Crippen molar-refractivity contribution in [1.82, 2.24) is 15.5 Å². The molecule has 0 aromatic rings. The summed E-state index contributed by atoms with van der Waals surface area (Å²) in [6, 6.07) is 1.10. The van der Waals surface area contributed by atoms with Crippen LogP contribution < -0.4 is 10.6 Å². The predicted molar refractivity (Wildman–Crippen MR) is 80.2 cm³/mol. The second kappa shape index (κ2) is 7.85. The van der Waals surface area contributed by atoms with Crippen molar-refractivity contribution >= 4 is 5.91 Å². The minimum absolute atomic E-state index is 0.0335. The third-order valence-corrected chi connectivity index (χ3v) is 4.00. The van der Waals surface area contributed by atoms with Gasteiger partial charge in [0.1, 0.15) is 0 Å². The maximum absolute atomic E-state index is 12.2. The molecule has 0 aromatic heterocycles. The van der Waals surface area contributed by atoms with E-state index < -0.39 is 0 Å². The Labute approximate surface area is 118 Å².